The first-order chi connectivity index (χ1) is 7.79. The topological polar surface area (TPSA) is 35.2 Å². The lowest BCUT2D eigenvalue weighted by Gasteiger charge is -2.11. The number of hydrogen-bond acceptors (Lipinski definition) is 2. The quantitative estimate of drug-likeness (QED) is 0.826. The second-order valence-electron chi connectivity index (χ2n) is 4.65. The summed E-state index contributed by atoms with van der Waals surface area (Å²) in [6.07, 6.45) is 5.59. The first-order valence-electron chi connectivity index (χ1n) is 6.29. The molecule has 0 aromatic heterocycles. The molecule has 0 saturated heterocycles. The van der Waals surface area contributed by atoms with Crippen molar-refractivity contribution in [2.45, 2.75) is 45.1 Å². The minimum atomic E-state index is 0.291. The molecule has 16 heavy (non-hydrogen) atoms. The van der Waals surface area contributed by atoms with Gasteiger partial charge in [-0.05, 0) is 30.0 Å². The summed E-state index contributed by atoms with van der Waals surface area (Å²) in [4.78, 5) is 0. The van der Waals surface area contributed by atoms with Gasteiger partial charge in [0.2, 0.25) is 0 Å². The molecule has 0 bridgehead atoms. The van der Waals surface area contributed by atoms with Crippen LogP contribution in [-0.4, -0.2) is 12.6 Å². The highest BCUT2D eigenvalue weighted by atomic mass is 16.5. The van der Waals surface area contributed by atoms with Gasteiger partial charge < -0.3 is 10.5 Å². The Kier molecular flexibility index (Phi) is 3.83. The van der Waals surface area contributed by atoms with Crippen LogP contribution in [0, 0.1) is 0 Å². The smallest absolute Gasteiger partial charge is 0.122 e. The predicted molar refractivity (Wildman–Crippen MR) is 66.8 cm³/mol. The lowest BCUT2D eigenvalue weighted by molar-refractivity contribution is 0.356. The molecular weight excluding hydrogens is 198 g/mol. The molecule has 2 nitrogen and oxygen atoms in total. The van der Waals surface area contributed by atoms with Crippen molar-refractivity contribution in [3.63, 3.8) is 0 Å². The van der Waals surface area contributed by atoms with Gasteiger partial charge in [-0.2, -0.15) is 0 Å². The minimum absolute atomic E-state index is 0.291. The van der Waals surface area contributed by atoms with Gasteiger partial charge in [-0.3, -0.25) is 0 Å². The molecule has 1 heterocycles. The van der Waals surface area contributed by atoms with E-state index in [2.05, 4.69) is 25.1 Å². The van der Waals surface area contributed by atoms with Crippen molar-refractivity contribution in [3.05, 3.63) is 29.3 Å². The summed E-state index contributed by atoms with van der Waals surface area (Å²) < 4.78 is 5.56. The van der Waals surface area contributed by atoms with Crippen LogP contribution in [0.5, 0.6) is 5.75 Å². The van der Waals surface area contributed by atoms with Crippen molar-refractivity contribution in [3.8, 4) is 5.75 Å². The number of nitrogens with two attached hydrogens (primary N) is 1. The Bertz CT molecular complexity index is 349. The van der Waals surface area contributed by atoms with Gasteiger partial charge in [-0.25, -0.2) is 0 Å². The standard InChI is InChI=1S/C14H21NO/c1-2-3-4-13(15)9-11-5-6-12-7-8-16-14(12)10-11/h5-6,10,13H,2-4,7-9,15H2,1H3. The van der Waals surface area contributed by atoms with Crippen molar-refractivity contribution in [2.75, 3.05) is 6.61 Å². The molecule has 2 heteroatoms. The van der Waals surface area contributed by atoms with Crippen molar-refractivity contribution >= 4 is 0 Å². The maximum absolute atomic E-state index is 6.10. The number of hydrogen-bond donors (Lipinski definition) is 1. The number of ether oxygens (including phenoxy) is 1. The molecule has 1 aromatic carbocycles. The lowest BCUT2D eigenvalue weighted by Crippen LogP contribution is -2.22. The second kappa shape index (κ2) is 5.35. The fourth-order valence-corrected chi connectivity index (χ4v) is 2.21. The molecule has 0 spiro atoms. The molecule has 0 aliphatic carbocycles. The Morgan fingerprint density at radius 1 is 1.44 bits per heavy atom. The first kappa shape index (κ1) is 11.5. The maximum atomic E-state index is 6.10. The summed E-state index contributed by atoms with van der Waals surface area (Å²) in [6, 6.07) is 6.83. The summed E-state index contributed by atoms with van der Waals surface area (Å²) in [5, 5.41) is 0. The van der Waals surface area contributed by atoms with Crippen molar-refractivity contribution in [2.24, 2.45) is 5.73 Å². The molecular formula is C14H21NO. The number of rotatable bonds is 5. The molecule has 1 aromatic rings. The predicted octanol–water partition coefficient (Wildman–Crippen LogP) is 2.68. The Labute approximate surface area is 97.8 Å². The van der Waals surface area contributed by atoms with Crippen LogP contribution in [0.2, 0.25) is 0 Å². The van der Waals surface area contributed by atoms with E-state index in [9.17, 15) is 0 Å². The van der Waals surface area contributed by atoms with Gasteiger partial charge in [-0.15, -0.1) is 0 Å². The Morgan fingerprint density at radius 3 is 3.12 bits per heavy atom. The third-order valence-electron chi connectivity index (χ3n) is 3.19. The Balaban J connectivity index is 1.94. The van der Waals surface area contributed by atoms with E-state index in [0.29, 0.717) is 6.04 Å². The molecule has 88 valence electrons. The molecule has 1 unspecified atom stereocenters. The van der Waals surface area contributed by atoms with E-state index in [-0.39, 0.29) is 0 Å². The second-order valence-corrected chi connectivity index (χ2v) is 4.65. The van der Waals surface area contributed by atoms with Crippen LogP contribution >= 0.6 is 0 Å². The van der Waals surface area contributed by atoms with E-state index >= 15 is 0 Å². The van der Waals surface area contributed by atoms with E-state index < -0.39 is 0 Å². The van der Waals surface area contributed by atoms with Crippen LogP contribution in [0.1, 0.15) is 37.3 Å². The van der Waals surface area contributed by atoms with Gasteiger partial charge in [0.25, 0.3) is 0 Å². The van der Waals surface area contributed by atoms with E-state index in [1.807, 2.05) is 0 Å². The van der Waals surface area contributed by atoms with Crippen LogP contribution < -0.4 is 10.5 Å². The fraction of sp³-hybridized carbons (Fsp3) is 0.571. The summed E-state index contributed by atoms with van der Waals surface area (Å²) in [6.45, 7) is 3.04. The highest BCUT2D eigenvalue weighted by Crippen LogP contribution is 2.26. The van der Waals surface area contributed by atoms with E-state index in [1.54, 1.807) is 0 Å². The average Bonchev–Trinajstić information content (AvgIpc) is 2.73. The van der Waals surface area contributed by atoms with Gasteiger partial charge in [0.15, 0.2) is 0 Å². The summed E-state index contributed by atoms with van der Waals surface area (Å²) in [7, 11) is 0. The SMILES string of the molecule is CCCCC(N)Cc1ccc2c(c1)OCC2. The lowest BCUT2D eigenvalue weighted by atomic mass is 10.0. The molecule has 0 radical (unpaired) electrons. The average molecular weight is 219 g/mol. The maximum Gasteiger partial charge on any atom is 0.122 e. The normalized spacial score (nSPS) is 15.6. The van der Waals surface area contributed by atoms with Gasteiger partial charge in [0, 0.05) is 12.5 Å². The number of fused-ring (bicyclic) bond motifs is 1. The van der Waals surface area contributed by atoms with Crippen LogP contribution in [0.15, 0.2) is 18.2 Å². The Morgan fingerprint density at radius 2 is 2.31 bits per heavy atom. The molecule has 1 aliphatic rings. The monoisotopic (exact) mass is 219 g/mol. The van der Waals surface area contributed by atoms with Crippen molar-refractivity contribution < 1.29 is 4.74 Å². The molecule has 2 rings (SSSR count). The zero-order valence-corrected chi connectivity index (χ0v) is 10.0. The van der Waals surface area contributed by atoms with Crippen molar-refractivity contribution in [1.29, 1.82) is 0 Å². The third-order valence-corrected chi connectivity index (χ3v) is 3.19. The molecule has 0 amide bonds. The molecule has 1 atom stereocenters. The Hall–Kier alpha value is -1.02. The number of benzene rings is 1. The molecule has 0 fully saturated rings. The highest BCUT2D eigenvalue weighted by molar-refractivity contribution is 5.40. The third kappa shape index (κ3) is 2.76. The van der Waals surface area contributed by atoms with Gasteiger partial charge in [-0.1, -0.05) is 31.9 Å². The van der Waals surface area contributed by atoms with Crippen molar-refractivity contribution in [1.82, 2.24) is 0 Å². The van der Waals surface area contributed by atoms with Crippen LogP contribution in [0.3, 0.4) is 0 Å². The van der Waals surface area contributed by atoms with Gasteiger partial charge in [0.05, 0.1) is 6.61 Å². The van der Waals surface area contributed by atoms with Gasteiger partial charge >= 0.3 is 0 Å². The zero-order chi connectivity index (χ0) is 11.4. The molecule has 0 saturated carbocycles. The van der Waals surface area contributed by atoms with E-state index in [4.69, 9.17) is 10.5 Å². The summed E-state index contributed by atoms with van der Waals surface area (Å²) >= 11 is 0. The van der Waals surface area contributed by atoms with E-state index in [0.717, 1.165) is 31.6 Å². The first-order valence-corrected chi connectivity index (χ1v) is 6.29. The molecule has 1 aliphatic heterocycles. The summed E-state index contributed by atoms with van der Waals surface area (Å²) in [5.41, 5.74) is 8.74. The number of unbranched alkanes of at least 4 members (excludes halogenated alkanes) is 1. The largest absolute Gasteiger partial charge is 0.493 e. The molecule has 2 N–H and O–H groups in total. The van der Waals surface area contributed by atoms with Gasteiger partial charge in [0.1, 0.15) is 5.75 Å². The van der Waals surface area contributed by atoms with Crippen LogP contribution in [-0.2, 0) is 12.8 Å². The zero-order valence-electron chi connectivity index (χ0n) is 10.0. The van der Waals surface area contributed by atoms with Crippen LogP contribution in [0.25, 0.3) is 0 Å². The van der Waals surface area contributed by atoms with E-state index in [1.165, 1.54) is 24.0 Å². The summed E-state index contributed by atoms with van der Waals surface area (Å²) in [5.74, 6) is 1.07. The minimum Gasteiger partial charge on any atom is -0.493 e. The van der Waals surface area contributed by atoms with Crippen LogP contribution in [0.4, 0.5) is 0 Å². The fourth-order valence-electron chi connectivity index (χ4n) is 2.21. The highest BCUT2D eigenvalue weighted by Gasteiger charge is 2.13.